The molecule has 0 aliphatic heterocycles. The molecule has 84 valence electrons. The van der Waals surface area contributed by atoms with Crippen LogP contribution in [-0.4, -0.2) is 50.3 Å². The summed E-state index contributed by atoms with van der Waals surface area (Å²) >= 11 is 0. The number of aliphatic carboxylic acids is 1. The van der Waals surface area contributed by atoms with Crippen molar-refractivity contribution in [3.8, 4) is 0 Å². The number of rotatable bonds is 6. The quantitative estimate of drug-likeness (QED) is 0.346. The van der Waals surface area contributed by atoms with E-state index in [1.54, 1.807) is 0 Å². The van der Waals surface area contributed by atoms with E-state index in [1.165, 1.54) is 6.92 Å². The van der Waals surface area contributed by atoms with Crippen LogP contribution >= 0.6 is 7.82 Å². The predicted octanol–water partition coefficient (Wildman–Crippen LogP) is -0.740. The monoisotopic (exact) mass is 229 g/mol. The zero-order chi connectivity index (χ0) is 11.4. The van der Waals surface area contributed by atoms with Gasteiger partial charge in [0.05, 0.1) is 6.61 Å². The van der Waals surface area contributed by atoms with Crippen LogP contribution in [-0.2, 0) is 13.9 Å². The summed E-state index contributed by atoms with van der Waals surface area (Å²) in [7, 11) is -4.71. The molecule has 0 amide bonds. The average molecular weight is 229 g/mol. The second-order valence-electron chi connectivity index (χ2n) is 2.40. The van der Waals surface area contributed by atoms with Crippen LogP contribution in [0, 0.1) is 0 Å². The van der Waals surface area contributed by atoms with E-state index in [9.17, 15) is 9.36 Å². The minimum atomic E-state index is -4.71. The number of carboxylic acid groups (broad SMARTS) is 1. The number of hydrogen-bond donors (Lipinski definition) is 4. The van der Waals surface area contributed by atoms with Crippen molar-refractivity contribution in [1.29, 1.82) is 0 Å². The van der Waals surface area contributed by atoms with Crippen molar-refractivity contribution < 1.29 is 34.0 Å². The van der Waals surface area contributed by atoms with E-state index in [0.29, 0.717) is 5.06 Å². The molecule has 0 saturated heterocycles. The maximum atomic E-state index is 10.5. The summed E-state index contributed by atoms with van der Waals surface area (Å²) in [5, 5.41) is 18.0. The first-order valence-corrected chi connectivity index (χ1v) is 5.19. The first-order valence-electron chi connectivity index (χ1n) is 3.66. The van der Waals surface area contributed by atoms with Crippen molar-refractivity contribution in [2.24, 2.45) is 0 Å². The van der Waals surface area contributed by atoms with Gasteiger partial charge >= 0.3 is 13.8 Å². The zero-order valence-corrected chi connectivity index (χ0v) is 8.29. The lowest BCUT2D eigenvalue weighted by molar-refractivity contribution is -0.172. The lowest BCUT2D eigenvalue weighted by atomic mass is 10.3. The Labute approximate surface area is 79.9 Å². The Balaban J connectivity index is 4.25. The fourth-order valence-corrected chi connectivity index (χ4v) is 1.01. The molecule has 9 heteroatoms. The molecule has 0 heterocycles. The summed E-state index contributed by atoms with van der Waals surface area (Å²) in [5.41, 5.74) is 0. The molecule has 0 unspecified atom stereocenters. The largest absolute Gasteiger partial charge is 0.480 e. The standard InChI is InChI=1S/C5H12NO7P/c1-2-6(9)4(5(7)8)3-13-14(10,11)12/h4,9H,2-3H2,1H3,(H,7,8)(H2,10,11,12)/t4-/m0/s1. The zero-order valence-electron chi connectivity index (χ0n) is 7.40. The van der Waals surface area contributed by atoms with Gasteiger partial charge in [0.1, 0.15) is 0 Å². The van der Waals surface area contributed by atoms with Gasteiger partial charge in [0, 0.05) is 6.54 Å². The van der Waals surface area contributed by atoms with Crippen molar-refractivity contribution in [2.75, 3.05) is 13.2 Å². The van der Waals surface area contributed by atoms with Crippen molar-refractivity contribution >= 4 is 13.8 Å². The van der Waals surface area contributed by atoms with Gasteiger partial charge in [-0.2, -0.15) is 5.06 Å². The molecule has 0 rings (SSSR count). The molecule has 0 bridgehead atoms. The number of hydroxylamine groups is 2. The Morgan fingerprint density at radius 3 is 2.36 bits per heavy atom. The molecule has 4 N–H and O–H groups in total. The van der Waals surface area contributed by atoms with E-state index < -0.39 is 26.4 Å². The summed E-state index contributed by atoms with van der Waals surface area (Å²) in [6, 6.07) is -1.49. The van der Waals surface area contributed by atoms with Crippen LogP contribution < -0.4 is 0 Å². The van der Waals surface area contributed by atoms with Gasteiger partial charge in [-0.25, -0.2) is 4.57 Å². The van der Waals surface area contributed by atoms with Crippen LogP contribution in [0.4, 0.5) is 0 Å². The summed E-state index contributed by atoms with van der Waals surface area (Å²) < 4.78 is 14.2. The van der Waals surface area contributed by atoms with E-state index in [0.717, 1.165) is 0 Å². The molecule has 1 atom stereocenters. The second kappa shape index (κ2) is 5.40. The summed E-state index contributed by atoms with van der Waals surface area (Å²) in [6.07, 6.45) is 0. The normalized spacial score (nSPS) is 14.4. The van der Waals surface area contributed by atoms with Gasteiger partial charge in [0.15, 0.2) is 6.04 Å². The highest BCUT2D eigenvalue weighted by atomic mass is 31.2. The third-order valence-corrected chi connectivity index (χ3v) is 1.85. The molecule has 14 heavy (non-hydrogen) atoms. The van der Waals surface area contributed by atoms with E-state index in [4.69, 9.17) is 20.1 Å². The van der Waals surface area contributed by atoms with Crippen molar-refractivity contribution in [2.45, 2.75) is 13.0 Å². The van der Waals surface area contributed by atoms with Crippen LogP contribution in [0.2, 0.25) is 0 Å². The first-order chi connectivity index (χ1) is 6.28. The van der Waals surface area contributed by atoms with E-state index in [-0.39, 0.29) is 6.54 Å². The van der Waals surface area contributed by atoms with Gasteiger partial charge in [-0.05, 0) is 0 Å². The Hall–Kier alpha value is -0.500. The smallest absolute Gasteiger partial charge is 0.469 e. The third-order valence-electron chi connectivity index (χ3n) is 1.37. The number of phosphoric ester groups is 1. The van der Waals surface area contributed by atoms with Crippen molar-refractivity contribution in [1.82, 2.24) is 5.06 Å². The second-order valence-corrected chi connectivity index (χ2v) is 3.64. The number of phosphoric acid groups is 1. The first kappa shape index (κ1) is 13.5. The fourth-order valence-electron chi connectivity index (χ4n) is 0.673. The van der Waals surface area contributed by atoms with Crippen LogP contribution in [0.1, 0.15) is 6.92 Å². The number of carbonyl (C=O) groups is 1. The Bertz CT molecular complexity index is 238. The average Bonchev–Trinajstić information content (AvgIpc) is 2.01. The highest BCUT2D eigenvalue weighted by Crippen LogP contribution is 2.35. The molecule has 0 saturated carbocycles. The van der Waals surface area contributed by atoms with Gasteiger partial charge in [-0.15, -0.1) is 0 Å². The van der Waals surface area contributed by atoms with Gasteiger partial charge < -0.3 is 20.1 Å². The van der Waals surface area contributed by atoms with E-state index in [2.05, 4.69) is 4.52 Å². The molecule has 0 aromatic heterocycles. The minimum absolute atomic E-state index is 0.00147. The highest BCUT2D eigenvalue weighted by Gasteiger charge is 2.27. The van der Waals surface area contributed by atoms with Gasteiger partial charge in [-0.1, -0.05) is 6.92 Å². The summed E-state index contributed by atoms with van der Waals surface area (Å²) in [6.45, 7) is 0.693. The molecule has 0 aliphatic rings. The Kier molecular flexibility index (Phi) is 5.21. The van der Waals surface area contributed by atoms with E-state index in [1.807, 2.05) is 0 Å². The number of carboxylic acids is 1. The Morgan fingerprint density at radius 1 is 1.57 bits per heavy atom. The SMILES string of the molecule is CCN(O)[C@@H](COP(=O)(O)O)C(=O)O. The van der Waals surface area contributed by atoms with Crippen LogP contribution in [0.3, 0.4) is 0 Å². The molecular formula is C5H12NO7P. The molecule has 8 nitrogen and oxygen atoms in total. The fraction of sp³-hybridized carbons (Fsp3) is 0.800. The lowest BCUT2D eigenvalue weighted by Gasteiger charge is -2.20. The molecule has 0 fully saturated rings. The molecular weight excluding hydrogens is 217 g/mol. The minimum Gasteiger partial charge on any atom is -0.480 e. The van der Waals surface area contributed by atoms with Gasteiger partial charge in [-0.3, -0.25) is 9.32 Å². The maximum absolute atomic E-state index is 10.5. The molecule has 0 aliphatic carbocycles. The van der Waals surface area contributed by atoms with E-state index >= 15 is 0 Å². The van der Waals surface area contributed by atoms with Crippen LogP contribution in [0.5, 0.6) is 0 Å². The Morgan fingerprint density at radius 2 is 2.07 bits per heavy atom. The highest BCUT2D eigenvalue weighted by molar-refractivity contribution is 7.46. The van der Waals surface area contributed by atoms with Gasteiger partial charge in [0.25, 0.3) is 0 Å². The number of hydrogen-bond acceptors (Lipinski definition) is 5. The number of likely N-dealkylation sites (N-methyl/N-ethyl adjacent to an activating group) is 1. The van der Waals surface area contributed by atoms with Crippen LogP contribution in [0.15, 0.2) is 0 Å². The molecule has 0 radical (unpaired) electrons. The molecule has 0 aromatic rings. The number of nitrogens with zero attached hydrogens (tertiary/aromatic N) is 1. The van der Waals surface area contributed by atoms with Crippen LogP contribution in [0.25, 0.3) is 0 Å². The van der Waals surface area contributed by atoms with Crippen molar-refractivity contribution in [3.63, 3.8) is 0 Å². The van der Waals surface area contributed by atoms with Gasteiger partial charge in [0.2, 0.25) is 0 Å². The topological polar surface area (TPSA) is 128 Å². The van der Waals surface area contributed by atoms with Crippen molar-refractivity contribution in [3.05, 3.63) is 0 Å². The lowest BCUT2D eigenvalue weighted by Crippen LogP contribution is -2.42. The molecule has 0 spiro atoms. The summed E-state index contributed by atoms with van der Waals surface area (Å²) in [4.78, 5) is 27.1. The predicted molar refractivity (Wildman–Crippen MR) is 43.6 cm³/mol. The molecule has 0 aromatic carbocycles. The third kappa shape index (κ3) is 5.28. The maximum Gasteiger partial charge on any atom is 0.469 e. The summed E-state index contributed by atoms with van der Waals surface area (Å²) in [5.74, 6) is -1.43.